The van der Waals surface area contributed by atoms with E-state index in [1.165, 1.54) is 0 Å². The van der Waals surface area contributed by atoms with Gasteiger partial charge in [-0.05, 0) is 32.9 Å². The Labute approximate surface area is 120 Å². The molecule has 1 aromatic heterocycles. The number of nitrogens with zero attached hydrogens (tertiary/aromatic N) is 2. The first kappa shape index (κ1) is 14.0. The first-order chi connectivity index (χ1) is 8.87. The summed E-state index contributed by atoms with van der Waals surface area (Å²) in [5.41, 5.74) is 1.53. The van der Waals surface area contributed by atoms with E-state index >= 15 is 0 Å². The van der Waals surface area contributed by atoms with Crippen LogP contribution in [-0.2, 0) is 9.53 Å². The summed E-state index contributed by atoms with van der Waals surface area (Å²) < 4.78 is 13.5. The standard InChI is InChI=1S/C12H14ClN3O2S/c1-12(2,3)18-9(17)6-14-10-7(13)4-5-8-11(10)16-19-15-8/h4-5,14H,6H2,1-3H3. The van der Waals surface area contributed by atoms with Crippen molar-refractivity contribution < 1.29 is 9.53 Å². The summed E-state index contributed by atoms with van der Waals surface area (Å²) in [5, 5.41) is 3.47. The number of benzene rings is 1. The van der Waals surface area contributed by atoms with Crippen molar-refractivity contribution in [2.75, 3.05) is 11.9 Å². The number of nitrogens with one attached hydrogen (secondary N) is 1. The number of fused-ring (bicyclic) bond motifs is 1. The number of aromatic nitrogens is 2. The van der Waals surface area contributed by atoms with Gasteiger partial charge >= 0.3 is 5.97 Å². The Morgan fingerprint density at radius 2 is 2.16 bits per heavy atom. The summed E-state index contributed by atoms with van der Waals surface area (Å²) in [4.78, 5) is 11.7. The number of carbonyl (C=O) groups is 1. The minimum Gasteiger partial charge on any atom is -0.459 e. The molecule has 5 nitrogen and oxygen atoms in total. The normalized spacial score (nSPS) is 11.6. The van der Waals surface area contributed by atoms with Gasteiger partial charge in [-0.15, -0.1) is 0 Å². The zero-order valence-electron chi connectivity index (χ0n) is 10.9. The molecule has 19 heavy (non-hydrogen) atoms. The van der Waals surface area contributed by atoms with Crippen LogP contribution in [0.4, 0.5) is 5.69 Å². The maximum absolute atomic E-state index is 11.7. The van der Waals surface area contributed by atoms with E-state index in [1.807, 2.05) is 20.8 Å². The van der Waals surface area contributed by atoms with Crippen LogP contribution in [0.5, 0.6) is 0 Å². The van der Waals surface area contributed by atoms with Gasteiger partial charge in [0, 0.05) is 0 Å². The Morgan fingerprint density at radius 3 is 2.84 bits per heavy atom. The van der Waals surface area contributed by atoms with Gasteiger partial charge in [-0.3, -0.25) is 4.79 Å². The van der Waals surface area contributed by atoms with Crippen LogP contribution in [0.15, 0.2) is 12.1 Å². The van der Waals surface area contributed by atoms with Crippen molar-refractivity contribution in [3.05, 3.63) is 17.2 Å². The lowest BCUT2D eigenvalue weighted by atomic mass is 10.2. The molecule has 0 aliphatic heterocycles. The summed E-state index contributed by atoms with van der Waals surface area (Å²) in [6.45, 7) is 5.50. The maximum atomic E-state index is 11.7. The quantitative estimate of drug-likeness (QED) is 0.882. The van der Waals surface area contributed by atoms with Crippen molar-refractivity contribution in [3.63, 3.8) is 0 Å². The molecule has 0 bridgehead atoms. The van der Waals surface area contributed by atoms with Crippen LogP contribution in [0, 0.1) is 0 Å². The van der Waals surface area contributed by atoms with Crippen LogP contribution < -0.4 is 5.32 Å². The fourth-order valence-corrected chi connectivity index (χ4v) is 2.30. The largest absolute Gasteiger partial charge is 0.459 e. The average molecular weight is 300 g/mol. The molecule has 0 unspecified atom stereocenters. The smallest absolute Gasteiger partial charge is 0.325 e. The number of esters is 1. The number of hydrogen-bond acceptors (Lipinski definition) is 6. The molecule has 0 fully saturated rings. The molecule has 102 valence electrons. The molecule has 2 aromatic rings. The van der Waals surface area contributed by atoms with E-state index < -0.39 is 5.60 Å². The summed E-state index contributed by atoms with van der Waals surface area (Å²) >= 11 is 7.20. The van der Waals surface area contributed by atoms with Gasteiger partial charge < -0.3 is 10.1 Å². The Bertz CT molecular complexity index is 607. The van der Waals surface area contributed by atoms with Crippen LogP contribution in [0.1, 0.15) is 20.8 Å². The molecule has 0 saturated heterocycles. The summed E-state index contributed by atoms with van der Waals surface area (Å²) in [6, 6.07) is 3.52. The molecule has 0 atom stereocenters. The number of halogens is 1. The molecule has 2 rings (SSSR count). The first-order valence-corrected chi connectivity index (χ1v) is 6.84. The molecule has 0 aliphatic carbocycles. The molecule has 1 N–H and O–H groups in total. The van der Waals surface area contributed by atoms with E-state index in [0.717, 1.165) is 17.2 Å². The topological polar surface area (TPSA) is 64.1 Å². The SMILES string of the molecule is CC(C)(C)OC(=O)CNc1c(Cl)ccc2nsnc12. The predicted octanol–water partition coefficient (Wildman–Crippen LogP) is 3.10. The third kappa shape index (κ3) is 3.54. The maximum Gasteiger partial charge on any atom is 0.325 e. The molecular weight excluding hydrogens is 286 g/mol. The third-order valence-electron chi connectivity index (χ3n) is 2.21. The Morgan fingerprint density at radius 1 is 1.42 bits per heavy atom. The number of hydrogen-bond donors (Lipinski definition) is 1. The second-order valence-electron chi connectivity index (χ2n) is 4.99. The van der Waals surface area contributed by atoms with E-state index in [0.29, 0.717) is 16.2 Å². The molecule has 1 aromatic carbocycles. The summed E-state index contributed by atoms with van der Waals surface area (Å²) in [5.74, 6) is -0.344. The molecule has 0 saturated carbocycles. The van der Waals surface area contributed by atoms with Crippen LogP contribution >= 0.6 is 23.3 Å². The second-order valence-corrected chi connectivity index (χ2v) is 5.93. The van der Waals surface area contributed by atoms with Gasteiger partial charge in [-0.2, -0.15) is 8.75 Å². The highest BCUT2D eigenvalue weighted by atomic mass is 35.5. The van der Waals surface area contributed by atoms with Gasteiger partial charge in [0.05, 0.1) is 22.4 Å². The number of carbonyl (C=O) groups excluding carboxylic acids is 1. The molecule has 0 spiro atoms. The Hall–Kier alpha value is -1.40. The highest BCUT2D eigenvalue weighted by molar-refractivity contribution is 7.00. The monoisotopic (exact) mass is 299 g/mol. The second kappa shape index (κ2) is 5.30. The van der Waals surface area contributed by atoms with E-state index in [1.54, 1.807) is 12.1 Å². The lowest BCUT2D eigenvalue weighted by Crippen LogP contribution is -2.28. The summed E-state index contributed by atoms with van der Waals surface area (Å²) in [6.07, 6.45) is 0. The average Bonchev–Trinajstić information content (AvgIpc) is 2.73. The Balaban J connectivity index is 2.11. The van der Waals surface area contributed by atoms with Crippen LogP contribution in [-0.4, -0.2) is 26.9 Å². The van der Waals surface area contributed by atoms with E-state index in [4.69, 9.17) is 16.3 Å². The van der Waals surface area contributed by atoms with Gasteiger partial charge in [0.25, 0.3) is 0 Å². The van der Waals surface area contributed by atoms with Crippen molar-refractivity contribution in [1.82, 2.24) is 8.75 Å². The first-order valence-electron chi connectivity index (χ1n) is 5.73. The number of rotatable bonds is 3. The predicted molar refractivity (Wildman–Crippen MR) is 76.8 cm³/mol. The Kier molecular flexibility index (Phi) is 3.91. The van der Waals surface area contributed by atoms with E-state index in [-0.39, 0.29) is 12.5 Å². The molecule has 0 radical (unpaired) electrons. The van der Waals surface area contributed by atoms with Gasteiger partial charge in [0.15, 0.2) is 0 Å². The minimum absolute atomic E-state index is 0.0353. The fourth-order valence-electron chi connectivity index (χ4n) is 1.53. The van der Waals surface area contributed by atoms with Gasteiger partial charge in [0.1, 0.15) is 23.2 Å². The zero-order chi connectivity index (χ0) is 14.0. The highest BCUT2D eigenvalue weighted by Crippen LogP contribution is 2.29. The molecule has 1 heterocycles. The molecular formula is C12H14ClN3O2S. The van der Waals surface area contributed by atoms with Crippen LogP contribution in [0.25, 0.3) is 11.0 Å². The zero-order valence-corrected chi connectivity index (χ0v) is 12.4. The van der Waals surface area contributed by atoms with Crippen molar-refractivity contribution in [3.8, 4) is 0 Å². The van der Waals surface area contributed by atoms with Crippen molar-refractivity contribution in [1.29, 1.82) is 0 Å². The van der Waals surface area contributed by atoms with Crippen molar-refractivity contribution in [2.24, 2.45) is 0 Å². The van der Waals surface area contributed by atoms with Crippen LogP contribution in [0.2, 0.25) is 5.02 Å². The van der Waals surface area contributed by atoms with Gasteiger partial charge in [0.2, 0.25) is 0 Å². The number of anilines is 1. The molecule has 0 amide bonds. The highest BCUT2D eigenvalue weighted by Gasteiger charge is 2.17. The fraction of sp³-hybridized carbons (Fsp3) is 0.417. The van der Waals surface area contributed by atoms with Gasteiger partial charge in [-0.25, -0.2) is 0 Å². The lowest BCUT2D eigenvalue weighted by molar-refractivity contribution is -0.152. The summed E-state index contributed by atoms with van der Waals surface area (Å²) in [7, 11) is 0. The van der Waals surface area contributed by atoms with Crippen LogP contribution in [0.3, 0.4) is 0 Å². The van der Waals surface area contributed by atoms with Crippen molar-refractivity contribution in [2.45, 2.75) is 26.4 Å². The van der Waals surface area contributed by atoms with E-state index in [2.05, 4.69) is 14.1 Å². The molecule has 0 aliphatic rings. The minimum atomic E-state index is -0.503. The third-order valence-corrected chi connectivity index (χ3v) is 3.06. The molecule has 7 heteroatoms. The van der Waals surface area contributed by atoms with Crippen molar-refractivity contribution >= 4 is 46.0 Å². The van der Waals surface area contributed by atoms with Gasteiger partial charge in [-0.1, -0.05) is 11.6 Å². The van der Waals surface area contributed by atoms with E-state index in [9.17, 15) is 4.79 Å². The lowest BCUT2D eigenvalue weighted by Gasteiger charge is -2.19. The number of ether oxygens (including phenoxy) is 1.